The quantitative estimate of drug-likeness (QED) is 0.495. The third-order valence-electron chi connectivity index (χ3n) is 2.21. The Hall–Kier alpha value is -2.18. The molecule has 0 atom stereocenters. The van der Waals surface area contributed by atoms with Gasteiger partial charge >= 0.3 is 6.18 Å². The molecule has 0 saturated heterocycles. The number of hydrogen-bond acceptors (Lipinski definition) is 3. The molecule has 0 fully saturated rings. The van der Waals surface area contributed by atoms with Crippen molar-refractivity contribution in [2.75, 3.05) is 7.11 Å². The van der Waals surface area contributed by atoms with E-state index in [-0.39, 0.29) is 17.2 Å². The van der Waals surface area contributed by atoms with Gasteiger partial charge in [-0.15, -0.1) is 0 Å². The number of benzene rings is 1. The van der Waals surface area contributed by atoms with Gasteiger partial charge in [-0.2, -0.15) is 13.2 Å². The van der Waals surface area contributed by atoms with E-state index >= 15 is 0 Å². The molecule has 0 heterocycles. The van der Waals surface area contributed by atoms with E-state index < -0.39 is 17.6 Å². The molecule has 0 amide bonds. The van der Waals surface area contributed by atoms with Gasteiger partial charge in [0.2, 0.25) is 5.90 Å². The molecule has 1 aromatic carbocycles. The molecule has 102 valence electrons. The number of methoxy groups -OCH3 is 1. The Kier molecular flexibility index (Phi) is 4.42. The molecule has 0 aliphatic carbocycles. The van der Waals surface area contributed by atoms with E-state index in [9.17, 15) is 17.6 Å². The number of hydrogen-bond donors (Lipinski definition) is 2. The molecule has 0 spiro atoms. The van der Waals surface area contributed by atoms with Crippen molar-refractivity contribution in [2.45, 2.75) is 6.18 Å². The van der Waals surface area contributed by atoms with Crippen LogP contribution in [0.25, 0.3) is 0 Å². The SMILES string of the molecule is COC(=N)/C=C\C(=N)c1ccc(C(F)(F)F)cc1F. The molecule has 0 saturated carbocycles. The molecule has 0 aliphatic heterocycles. The van der Waals surface area contributed by atoms with E-state index in [2.05, 4.69) is 4.74 Å². The van der Waals surface area contributed by atoms with Crippen LogP contribution in [0.3, 0.4) is 0 Å². The summed E-state index contributed by atoms with van der Waals surface area (Å²) in [6.45, 7) is 0. The van der Waals surface area contributed by atoms with E-state index in [0.717, 1.165) is 18.2 Å². The van der Waals surface area contributed by atoms with Gasteiger partial charge < -0.3 is 10.1 Å². The van der Waals surface area contributed by atoms with Crippen molar-refractivity contribution >= 4 is 11.6 Å². The fourth-order valence-electron chi connectivity index (χ4n) is 1.23. The molecule has 0 bridgehead atoms. The summed E-state index contributed by atoms with van der Waals surface area (Å²) in [5.41, 5.74) is -1.75. The predicted molar refractivity (Wildman–Crippen MR) is 62.1 cm³/mol. The van der Waals surface area contributed by atoms with Crippen LogP contribution in [-0.2, 0) is 10.9 Å². The topological polar surface area (TPSA) is 56.9 Å². The molecule has 2 N–H and O–H groups in total. The van der Waals surface area contributed by atoms with Gasteiger partial charge in [0.1, 0.15) is 5.82 Å². The third-order valence-corrected chi connectivity index (χ3v) is 2.21. The van der Waals surface area contributed by atoms with Gasteiger partial charge in [-0.1, -0.05) is 0 Å². The highest BCUT2D eigenvalue weighted by Crippen LogP contribution is 2.30. The molecule has 0 aromatic heterocycles. The summed E-state index contributed by atoms with van der Waals surface area (Å²) in [7, 11) is 1.25. The Bertz CT molecular complexity index is 535. The Balaban J connectivity index is 3.00. The lowest BCUT2D eigenvalue weighted by molar-refractivity contribution is -0.137. The minimum absolute atomic E-state index is 0.253. The van der Waals surface area contributed by atoms with E-state index in [0.29, 0.717) is 12.1 Å². The second-order valence-electron chi connectivity index (χ2n) is 3.51. The lowest BCUT2D eigenvalue weighted by Gasteiger charge is -2.08. The number of allylic oxidation sites excluding steroid dienone is 1. The number of alkyl halides is 3. The monoisotopic (exact) mass is 274 g/mol. The zero-order valence-electron chi connectivity index (χ0n) is 9.81. The second-order valence-corrected chi connectivity index (χ2v) is 3.51. The summed E-state index contributed by atoms with van der Waals surface area (Å²) in [6, 6.07) is 1.91. The number of ether oxygens (including phenoxy) is 1. The Morgan fingerprint density at radius 2 is 1.84 bits per heavy atom. The zero-order valence-corrected chi connectivity index (χ0v) is 9.81. The van der Waals surface area contributed by atoms with Crippen molar-refractivity contribution in [3.05, 3.63) is 47.3 Å². The van der Waals surface area contributed by atoms with Gasteiger partial charge in [-0.25, -0.2) is 4.39 Å². The minimum Gasteiger partial charge on any atom is -0.481 e. The van der Waals surface area contributed by atoms with Gasteiger partial charge in [0.15, 0.2) is 0 Å². The fourth-order valence-corrected chi connectivity index (χ4v) is 1.23. The van der Waals surface area contributed by atoms with Crippen molar-refractivity contribution in [3.8, 4) is 0 Å². The van der Waals surface area contributed by atoms with Gasteiger partial charge in [-0.3, -0.25) is 5.41 Å². The lowest BCUT2D eigenvalue weighted by atomic mass is 10.1. The summed E-state index contributed by atoms with van der Waals surface area (Å²) >= 11 is 0. The molecule has 1 rings (SSSR count). The highest BCUT2D eigenvalue weighted by Gasteiger charge is 2.31. The highest BCUT2D eigenvalue weighted by atomic mass is 19.4. The van der Waals surface area contributed by atoms with Crippen molar-refractivity contribution < 1.29 is 22.3 Å². The van der Waals surface area contributed by atoms with Crippen molar-refractivity contribution in [1.29, 1.82) is 10.8 Å². The van der Waals surface area contributed by atoms with Crippen LogP contribution in [0.4, 0.5) is 17.6 Å². The second kappa shape index (κ2) is 5.64. The summed E-state index contributed by atoms with van der Waals surface area (Å²) in [6.07, 6.45) is -2.47. The summed E-state index contributed by atoms with van der Waals surface area (Å²) in [4.78, 5) is 0. The molecule has 0 unspecified atom stereocenters. The first-order chi connectivity index (χ1) is 8.75. The van der Waals surface area contributed by atoms with E-state index in [4.69, 9.17) is 10.8 Å². The molecule has 0 radical (unpaired) electrons. The largest absolute Gasteiger partial charge is 0.481 e. The van der Waals surface area contributed by atoms with Crippen molar-refractivity contribution in [1.82, 2.24) is 0 Å². The summed E-state index contributed by atoms with van der Waals surface area (Å²) in [5.74, 6) is -1.40. The zero-order chi connectivity index (χ0) is 14.6. The Labute approximate surface area is 106 Å². The van der Waals surface area contributed by atoms with Crippen LogP contribution in [0.5, 0.6) is 0 Å². The van der Waals surface area contributed by atoms with E-state index in [1.165, 1.54) is 7.11 Å². The maximum absolute atomic E-state index is 13.5. The molecular formula is C12H10F4N2O. The van der Waals surface area contributed by atoms with Gasteiger partial charge in [-0.05, 0) is 24.3 Å². The van der Waals surface area contributed by atoms with Crippen LogP contribution >= 0.6 is 0 Å². The minimum atomic E-state index is -4.63. The van der Waals surface area contributed by atoms with Crippen LogP contribution in [0.15, 0.2) is 30.4 Å². The number of halogens is 4. The average Bonchev–Trinajstić information content (AvgIpc) is 2.34. The first-order valence-corrected chi connectivity index (χ1v) is 5.02. The van der Waals surface area contributed by atoms with Crippen LogP contribution < -0.4 is 0 Å². The normalized spacial score (nSPS) is 11.6. The van der Waals surface area contributed by atoms with Crippen LogP contribution in [0, 0.1) is 16.6 Å². The number of rotatable bonds is 3. The standard InChI is InChI=1S/C12H10F4N2O/c1-19-11(18)5-4-10(17)8-3-2-7(6-9(8)13)12(14,15)16/h2-6,17-18H,1H3/b5-4-,17-10?,18-11?. The van der Waals surface area contributed by atoms with E-state index in [1.807, 2.05) is 0 Å². The molecule has 19 heavy (non-hydrogen) atoms. The van der Waals surface area contributed by atoms with Gasteiger partial charge in [0, 0.05) is 11.6 Å². The first kappa shape index (κ1) is 14.9. The lowest BCUT2D eigenvalue weighted by Crippen LogP contribution is -2.08. The molecule has 1 aromatic rings. The fraction of sp³-hybridized carbons (Fsp3) is 0.167. The van der Waals surface area contributed by atoms with E-state index in [1.54, 1.807) is 0 Å². The summed E-state index contributed by atoms with van der Waals surface area (Å²) < 4.78 is 54.9. The van der Waals surface area contributed by atoms with Crippen LogP contribution in [0.2, 0.25) is 0 Å². The first-order valence-electron chi connectivity index (χ1n) is 5.02. The Morgan fingerprint density at radius 3 is 2.32 bits per heavy atom. The predicted octanol–water partition coefficient (Wildman–Crippen LogP) is 3.39. The van der Waals surface area contributed by atoms with Gasteiger partial charge in [0.05, 0.1) is 18.4 Å². The average molecular weight is 274 g/mol. The highest BCUT2D eigenvalue weighted by molar-refractivity contribution is 6.09. The number of nitrogens with one attached hydrogen (secondary N) is 2. The maximum atomic E-state index is 13.5. The summed E-state index contributed by atoms with van der Waals surface area (Å²) in [5, 5.41) is 14.6. The molecule has 7 heteroatoms. The molecule has 0 aliphatic rings. The molecular weight excluding hydrogens is 264 g/mol. The van der Waals surface area contributed by atoms with Crippen LogP contribution in [0.1, 0.15) is 11.1 Å². The smallest absolute Gasteiger partial charge is 0.416 e. The third kappa shape index (κ3) is 3.90. The Morgan fingerprint density at radius 1 is 1.21 bits per heavy atom. The van der Waals surface area contributed by atoms with Gasteiger partial charge in [0.25, 0.3) is 0 Å². The maximum Gasteiger partial charge on any atom is 0.416 e. The van der Waals surface area contributed by atoms with Crippen LogP contribution in [-0.4, -0.2) is 18.7 Å². The van der Waals surface area contributed by atoms with Crippen molar-refractivity contribution in [2.24, 2.45) is 0 Å². The molecule has 3 nitrogen and oxygen atoms in total. The van der Waals surface area contributed by atoms with Crippen molar-refractivity contribution in [3.63, 3.8) is 0 Å².